The van der Waals surface area contributed by atoms with Crippen molar-refractivity contribution >= 4 is 39.1 Å². The van der Waals surface area contributed by atoms with Gasteiger partial charge in [0.15, 0.2) is 12.4 Å². The first-order valence-electron chi connectivity index (χ1n) is 5.68. The van der Waals surface area contributed by atoms with Gasteiger partial charge in [-0.25, -0.2) is 0 Å². The van der Waals surface area contributed by atoms with E-state index >= 15 is 0 Å². The Morgan fingerprint density at radius 1 is 1.56 bits per heavy atom. The predicted octanol–water partition coefficient (Wildman–Crippen LogP) is 2.98. The first-order chi connectivity index (χ1) is 8.54. The van der Waals surface area contributed by atoms with E-state index in [-0.39, 0.29) is 12.5 Å². The molecule has 0 atom stereocenters. The maximum Gasteiger partial charge on any atom is 0.257 e. The van der Waals surface area contributed by atoms with Gasteiger partial charge in [0.1, 0.15) is 0 Å². The zero-order valence-corrected chi connectivity index (χ0v) is 12.5. The summed E-state index contributed by atoms with van der Waals surface area (Å²) in [6.45, 7) is 2.66. The van der Waals surface area contributed by atoms with Crippen LogP contribution in [-0.2, 0) is 4.79 Å². The SMILES string of the molecule is CCCCNC(=O)COc1c(N)cc(Cl)cc1Br. The quantitative estimate of drug-likeness (QED) is 0.620. The highest BCUT2D eigenvalue weighted by atomic mass is 79.9. The van der Waals surface area contributed by atoms with Crippen molar-refractivity contribution in [3.8, 4) is 5.75 Å². The summed E-state index contributed by atoms with van der Waals surface area (Å²) in [6.07, 6.45) is 2.00. The number of rotatable bonds is 6. The van der Waals surface area contributed by atoms with Crippen molar-refractivity contribution in [3.63, 3.8) is 0 Å². The molecule has 0 bridgehead atoms. The van der Waals surface area contributed by atoms with Crippen molar-refractivity contribution in [3.05, 3.63) is 21.6 Å². The number of benzene rings is 1. The van der Waals surface area contributed by atoms with Crippen molar-refractivity contribution < 1.29 is 9.53 Å². The molecule has 1 aromatic carbocycles. The summed E-state index contributed by atoms with van der Waals surface area (Å²) in [6, 6.07) is 3.25. The highest BCUT2D eigenvalue weighted by molar-refractivity contribution is 9.10. The number of ether oxygens (including phenoxy) is 1. The molecule has 0 aliphatic carbocycles. The monoisotopic (exact) mass is 334 g/mol. The molecule has 0 heterocycles. The molecule has 4 nitrogen and oxygen atoms in total. The Labute approximate surface area is 120 Å². The minimum atomic E-state index is -0.162. The topological polar surface area (TPSA) is 64.3 Å². The van der Waals surface area contributed by atoms with E-state index in [1.165, 1.54) is 0 Å². The second kappa shape index (κ2) is 7.48. The van der Waals surface area contributed by atoms with Gasteiger partial charge in [0, 0.05) is 11.6 Å². The molecule has 0 radical (unpaired) electrons. The van der Waals surface area contributed by atoms with Crippen LogP contribution in [0, 0.1) is 0 Å². The summed E-state index contributed by atoms with van der Waals surface area (Å²) >= 11 is 9.12. The fraction of sp³-hybridized carbons (Fsp3) is 0.417. The summed E-state index contributed by atoms with van der Waals surface area (Å²) < 4.78 is 6.01. The summed E-state index contributed by atoms with van der Waals surface area (Å²) in [4.78, 5) is 11.5. The van der Waals surface area contributed by atoms with Crippen molar-refractivity contribution in [1.82, 2.24) is 5.32 Å². The number of unbranched alkanes of at least 4 members (excludes halogenated alkanes) is 1. The number of halogens is 2. The van der Waals surface area contributed by atoms with Crippen molar-refractivity contribution in [2.24, 2.45) is 0 Å². The molecule has 0 aromatic heterocycles. The summed E-state index contributed by atoms with van der Waals surface area (Å²) in [5.74, 6) is 0.273. The number of nitrogens with one attached hydrogen (secondary N) is 1. The van der Waals surface area contributed by atoms with Crippen molar-refractivity contribution in [1.29, 1.82) is 0 Å². The lowest BCUT2D eigenvalue weighted by Gasteiger charge is -2.11. The van der Waals surface area contributed by atoms with Gasteiger partial charge in [0.2, 0.25) is 0 Å². The van der Waals surface area contributed by atoms with Crippen LogP contribution in [0.2, 0.25) is 5.02 Å². The zero-order chi connectivity index (χ0) is 13.5. The minimum absolute atomic E-state index is 0.0614. The van der Waals surface area contributed by atoms with Crippen LogP contribution in [0.3, 0.4) is 0 Å². The zero-order valence-electron chi connectivity index (χ0n) is 10.1. The van der Waals surface area contributed by atoms with E-state index in [1.54, 1.807) is 12.1 Å². The van der Waals surface area contributed by atoms with Gasteiger partial charge in [-0.1, -0.05) is 24.9 Å². The molecule has 0 fully saturated rings. The number of carbonyl (C=O) groups excluding carboxylic acids is 1. The van der Waals surface area contributed by atoms with E-state index < -0.39 is 0 Å². The standard InChI is InChI=1S/C12H16BrClN2O2/c1-2-3-4-16-11(17)7-18-12-9(13)5-8(14)6-10(12)15/h5-6H,2-4,7,15H2,1H3,(H,16,17). The number of anilines is 1. The Morgan fingerprint density at radius 3 is 2.89 bits per heavy atom. The molecule has 0 unspecified atom stereocenters. The van der Waals surface area contributed by atoms with Crippen LogP contribution in [0.5, 0.6) is 5.75 Å². The molecule has 6 heteroatoms. The second-order valence-electron chi connectivity index (χ2n) is 3.80. The van der Waals surface area contributed by atoms with Crippen LogP contribution in [0.1, 0.15) is 19.8 Å². The number of hydrogen-bond acceptors (Lipinski definition) is 3. The van der Waals surface area contributed by atoms with Gasteiger partial charge in [0.25, 0.3) is 5.91 Å². The lowest BCUT2D eigenvalue weighted by molar-refractivity contribution is -0.123. The molecule has 1 aromatic rings. The van der Waals surface area contributed by atoms with Gasteiger partial charge in [-0.3, -0.25) is 4.79 Å². The van der Waals surface area contributed by atoms with Gasteiger partial charge in [-0.15, -0.1) is 0 Å². The average molecular weight is 336 g/mol. The highest BCUT2D eigenvalue weighted by Gasteiger charge is 2.10. The second-order valence-corrected chi connectivity index (χ2v) is 5.09. The molecule has 1 rings (SSSR count). The molecular formula is C12H16BrClN2O2. The van der Waals surface area contributed by atoms with Crippen molar-refractivity contribution in [2.75, 3.05) is 18.9 Å². The van der Waals surface area contributed by atoms with Crippen LogP contribution >= 0.6 is 27.5 Å². The molecule has 18 heavy (non-hydrogen) atoms. The maximum atomic E-state index is 11.5. The van der Waals surface area contributed by atoms with E-state index in [0.717, 1.165) is 12.8 Å². The molecule has 0 saturated heterocycles. The molecular weight excluding hydrogens is 320 g/mol. The third-order valence-corrected chi connectivity index (χ3v) is 3.04. The number of hydrogen-bond donors (Lipinski definition) is 2. The first kappa shape index (κ1) is 15.1. The molecule has 1 amide bonds. The molecule has 3 N–H and O–H groups in total. The minimum Gasteiger partial charge on any atom is -0.480 e. The van der Waals surface area contributed by atoms with Crippen LogP contribution < -0.4 is 15.8 Å². The predicted molar refractivity (Wildman–Crippen MR) is 77.0 cm³/mol. The summed E-state index contributed by atoms with van der Waals surface area (Å²) in [7, 11) is 0. The van der Waals surface area contributed by atoms with Gasteiger partial charge < -0.3 is 15.8 Å². The lowest BCUT2D eigenvalue weighted by Crippen LogP contribution is -2.29. The number of nitrogen functional groups attached to an aromatic ring is 1. The van der Waals surface area contributed by atoms with Gasteiger partial charge in [-0.2, -0.15) is 0 Å². The first-order valence-corrected chi connectivity index (χ1v) is 6.85. The average Bonchev–Trinajstić information content (AvgIpc) is 2.27. The fourth-order valence-corrected chi connectivity index (χ4v) is 2.27. The molecule has 0 aliphatic heterocycles. The Morgan fingerprint density at radius 2 is 2.28 bits per heavy atom. The molecule has 0 saturated carbocycles. The largest absolute Gasteiger partial charge is 0.480 e. The lowest BCUT2D eigenvalue weighted by atomic mass is 10.3. The Kier molecular flexibility index (Phi) is 6.29. The normalized spacial score (nSPS) is 10.2. The van der Waals surface area contributed by atoms with E-state index in [9.17, 15) is 4.79 Å². The smallest absolute Gasteiger partial charge is 0.257 e. The van der Waals surface area contributed by atoms with E-state index in [2.05, 4.69) is 28.2 Å². The van der Waals surface area contributed by atoms with Gasteiger partial charge >= 0.3 is 0 Å². The third-order valence-electron chi connectivity index (χ3n) is 2.24. The van der Waals surface area contributed by atoms with Crippen LogP contribution in [-0.4, -0.2) is 19.1 Å². The van der Waals surface area contributed by atoms with Gasteiger partial charge in [0.05, 0.1) is 10.2 Å². The Bertz CT molecular complexity index is 404. The van der Waals surface area contributed by atoms with Crippen LogP contribution in [0.25, 0.3) is 0 Å². The summed E-state index contributed by atoms with van der Waals surface area (Å²) in [5, 5.41) is 3.27. The molecule has 100 valence electrons. The van der Waals surface area contributed by atoms with E-state index in [0.29, 0.717) is 27.5 Å². The molecule has 0 aliphatic rings. The Balaban J connectivity index is 2.51. The number of carbonyl (C=O) groups is 1. The Hall–Kier alpha value is -0.940. The van der Waals surface area contributed by atoms with E-state index in [4.69, 9.17) is 22.1 Å². The van der Waals surface area contributed by atoms with Crippen molar-refractivity contribution in [2.45, 2.75) is 19.8 Å². The number of nitrogens with two attached hydrogens (primary N) is 1. The molecule has 0 spiro atoms. The van der Waals surface area contributed by atoms with Gasteiger partial charge in [-0.05, 0) is 34.5 Å². The highest BCUT2D eigenvalue weighted by Crippen LogP contribution is 2.34. The van der Waals surface area contributed by atoms with Crippen LogP contribution in [0.4, 0.5) is 5.69 Å². The summed E-state index contributed by atoms with van der Waals surface area (Å²) in [5.41, 5.74) is 6.16. The fourth-order valence-electron chi connectivity index (χ4n) is 1.33. The number of amides is 1. The van der Waals surface area contributed by atoms with Crippen LogP contribution in [0.15, 0.2) is 16.6 Å². The maximum absolute atomic E-state index is 11.5. The third kappa shape index (κ3) is 4.74. The van der Waals surface area contributed by atoms with E-state index in [1.807, 2.05) is 0 Å².